The molecule has 0 bridgehead atoms. The molecule has 0 unspecified atom stereocenters. The van der Waals surface area contributed by atoms with Crippen LogP contribution in [0.5, 0.6) is 0 Å². The van der Waals surface area contributed by atoms with Crippen LogP contribution in [-0.2, 0) is 0 Å². The molecule has 0 atom stereocenters. The van der Waals surface area contributed by atoms with Crippen LogP contribution in [-0.4, -0.2) is 23.9 Å². The number of anilines is 1. The Bertz CT molecular complexity index is 492. The molecule has 17 heavy (non-hydrogen) atoms. The summed E-state index contributed by atoms with van der Waals surface area (Å²) in [5.74, 6) is 2.10. The largest absolute Gasteiger partial charge is 0.399 e. The highest BCUT2D eigenvalue weighted by atomic mass is 16.2. The average Bonchev–Trinajstić information content (AvgIpc) is 2.31. The van der Waals surface area contributed by atoms with Crippen LogP contribution < -0.4 is 5.73 Å². The molecule has 0 aliphatic rings. The average molecular weight is 227 g/mol. The second-order valence-corrected chi connectivity index (χ2v) is 3.59. The van der Waals surface area contributed by atoms with E-state index in [1.807, 2.05) is 13.0 Å². The van der Waals surface area contributed by atoms with E-state index in [9.17, 15) is 4.79 Å². The standard InChI is InChI=1S/C13H13N3O/c1-3-7-16(8-6-14)13(17)11-4-5-12(15)10(2)9-11/h1,4-5,9H,7-8,15H2,2H3. The maximum Gasteiger partial charge on any atom is 0.255 e. The molecule has 0 aromatic heterocycles. The molecule has 1 aromatic rings. The van der Waals surface area contributed by atoms with Crippen molar-refractivity contribution in [3.8, 4) is 18.4 Å². The first-order chi connectivity index (χ1) is 8.10. The third kappa shape index (κ3) is 2.99. The lowest BCUT2D eigenvalue weighted by atomic mass is 10.1. The van der Waals surface area contributed by atoms with Crippen LogP contribution in [0, 0.1) is 30.6 Å². The minimum atomic E-state index is -0.257. The van der Waals surface area contributed by atoms with Gasteiger partial charge in [-0.2, -0.15) is 5.26 Å². The number of hydrogen-bond donors (Lipinski definition) is 1. The maximum atomic E-state index is 12.0. The number of terminal acetylenes is 1. The second kappa shape index (κ2) is 5.58. The molecular weight excluding hydrogens is 214 g/mol. The Balaban J connectivity index is 2.98. The number of carbonyl (C=O) groups is 1. The molecule has 1 rings (SSSR count). The van der Waals surface area contributed by atoms with Crippen molar-refractivity contribution in [3.63, 3.8) is 0 Å². The summed E-state index contributed by atoms with van der Waals surface area (Å²) in [6.07, 6.45) is 5.16. The van der Waals surface area contributed by atoms with Gasteiger partial charge < -0.3 is 10.6 Å². The molecule has 0 saturated carbocycles. The van der Waals surface area contributed by atoms with Crippen molar-refractivity contribution in [2.24, 2.45) is 0 Å². The number of amides is 1. The first kappa shape index (κ1) is 12.6. The number of nitriles is 1. The van der Waals surface area contributed by atoms with Crippen LogP contribution in [0.2, 0.25) is 0 Å². The maximum absolute atomic E-state index is 12.0. The van der Waals surface area contributed by atoms with Crippen molar-refractivity contribution in [1.82, 2.24) is 4.90 Å². The van der Waals surface area contributed by atoms with Crippen LogP contribution in [0.15, 0.2) is 18.2 Å². The molecular formula is C13H13N3O. The molecule has 0 aliphatic heterocycles. The zero-order valence-corrected chi connectivity index (χ0v) is 9.60. The first-order valence-corrected chi connectivity index (χ1v) is 5.06. The third-order valence-electron chi connectivity index (χ3n) is 2.35. The van der Waals surface area contributed by atoms with Crippen LogP contribution in [0.1, 0.15) is 15.9 Å². The highest BCUT2D eigenvalue weighted by Crippen LogP contribution is 2.14. The van der Waals surface area contributed by atoms with E-state index in [0.29, 0.717) is 11.3 Å². The topological polar surface area (TPSA) is 70.1 Å². The van der Waals surface area contributed by atoms with E-state index in [1.165, 1.54) is 4.90 Å². The molecule has 1 amide bonds. The zero-order valence-electron chi connectivity index (χ0n) is 9.60. The van der Waals surface area contributed by atoms with Crippen molar-refractivity contribution in [3.05, 3.63) is 29.3 Å². The van der Waals surface area contributed by atoms with E-state index in [-0.39, 0.29) is 19.0 Å². The van der Waals surface area contributed by atoms with Crippen molar-refractivity contribution in [2.45, 2.75) is 6.92 Å². The minimum absolute atomic E-state index is 0.0214. The fraction of sp³-hybridized carbons (Fsp3) is 0.231. The van der Waals surface area contributed by atoms with Gasteiger partial charge in [0.15, 0.2) is 0 Å². The molecule has 1 aromatic carbocycles. The van der Waals surface area contributed by atoms with E-state index < -0.39 is 0 Å². The Kier molecular flexibility index (Phi) is 4.14. The molecule has 86 valence electrons. The molecule has 0 spiro atoms. The van der Waals surface area contributed by atoms with Gasteiger partial charge in [-0.25, -0.2) is 0 Å². The van der Waals surface area contributed by atoms with Gasteiger partial charge in [0.05, 0.1) is 12.6 Å². The predicted octanol–water partition coefficient (Wildman–Crippen LogP) is 1.18. The Morgan fingerprint density at radius 2 is 2.24 bits per heavy atom. The van der Waals surface area contributed by atoms with Gasteiger partial charge in [-0.1, -0.05) is 5.92 Å². The lowest BCUT2D eigenvalue weighted by Gasteiger charge is -2.17. The smallest absolute Gasteiger partial charge is 0.255 e. The number of nitrogens with zero attached hydrogens (tertiary/aromatic N) is 2. The van der Waals surface area contributed by atoms with E-state index in [4.69, 9.17) is 17.4 Å². The van der Waals surface area contributed by atoms with Gasteiger partial charge in [-0.05, 0) is 30.7 Å². The van der Waals surface area contributed by atoms with Gasteiger partial charge in [-0.3, -0.25) is 4.79 Å². The fourth-order valence-electron chi connectivity index (χ4n) is 1.39. The number of benzene rings is 1. The molecule has 0 radical (unpaired) electrons. The van der Waals surface area contributed by atoms with Crippen LogP contribution >= 0.6 is 0 Å². The fourth-order valence-corrected chi connectivity index (χ4v) is 1.39. The summed E-state index contributed by atoms with van der Waals surface area (Å²) >= 11 is 0. The predicted molar refractivity (Wildman–Crippen MR) is 65.9 cm³/mol. The van der Waals surface area contributed by atoms with Gasteiger partial charge in [0.25, 0.3) is 5.91 Å². The first-order valence-electron chi connectivity index (χ1n) is 5.06. The molecule has 0 aliphatic carbocycles. The lowest BCUT2D eigenvalue weighted by Crippen LogP contribution is -2.31. The highest BCUT2D eigenvalue weighted by molar-refractivity contribution is 5.95. The van der Waals surface area contributed by atoms with Gasteiger partial charge in [0.1, 0.15) is 6.54 Å². The Hall–Kier alpha value is -2.46. The molecule has 0 saturated heterocycles. The van der Waals surface area contributed by atoms with Gasteiger partial charge >= 0.3 is 0 Å². The van der Waals surface area contributed by atoms with E-state index in [2.05, 4.69) is 5.92 Å². The number of rotatable bonds is 3. The molecule has 0 heterocycles. The summed E-state index contributed by atoms with van der Waals surface area (Å²) in [5, 5.41) is 8.63. The summed E-state index contributed by atoms with van der Waals surface area (Å²) in [6.45, 7) is 1.92. The monoisotopic (exact) mass is 227 g/mol. The minimum Gasteiger partial charge on any atom is -0.399 e. The number of carbonyl (C=O) groups excluding carboxylic acids is 1. The SMILES string of the molecule is C#CCN(CC#N)C(=O)c1ccc(N)c(C)c1. The van der Waals surface area contributed by atoms with E-state index in [1.54, 1.807) is 18.2 Å². The highest BCUT2D eigenvalue weighted by Gasteiger charge is 2.14. The Morgan fingerprint density at radius 3 is 2.76 bits per heavy atom. The van der Waals surface area contributed by atoms with E-state index in [0.717, 1.165) is 5.56 Å². The number of nitrogen functional groups attached to an aromatic ring is 1. The Morgan fingerprint density at radius 1 is 1.53 bits per heavy atom. The number of hydrogen-bond acceptors (Lipinski definition) is 3. The van der Waals surface area contributed by atoms with Gasteiger partial charge in [0, 0.05) is 11.3 Å². The van der Waals surface area contributed by atoms with Gasteiger partial charge in [0.2, 0.25) is 0 Å². The molecule has 0 fully saturated rings. The quantitative estimate of drug-likeness (QED) is 0.479. The Labute approximate surface area is 101 Å². The third-order valence-corrected chi connectivity index (χ3v) is 2.35. The van der Waals surface area contributed by atoms with Crippen molar-refractivity contribution >= 4 is 11.6 Å². The van der Waals surface area contributed by atoms with E-state index >= 15 is 0 Å². The molecule has 4 nitrogen and oxygen atoms in total. The molecule has 4 heteroatoms. The zero-order chi connectivity index (χ0) is 12.8. The summed E-state index contributed by atoms with van der Waals surface area (Å²) in [4.78, 5) is 13.3. The lowest BCUT2D eigenvalue weighted by molar-refractivity contribution is 0.0795. The van der Waals surface area contributed by atoms with Crippen molar-refractivity contribution < 1.29 is 4.79 Å². The second-order valence-electron chi connectivity index (χ2n) is 3.59. The molecule has 2 N–H and O–H groups in total. The summed E-state index contributed by atoms with van der Waals surface area (Å²) in [5.41, 5.74) is 7.62. The summed E-state index contributed by atoms with van der Waals surface area (Å²) in [7, 11) is 0. The normalized spacial score (nSPS) is 9.12. The summed E-state index contributed by atoms with van der Waals surface area (Å²) < 4.78 is 0. The van der Waals surface area contributed by atoms with Gasteiger partial charge in [-0.15, -0.1) is 6.42 Å². The summed E-state index contributed by atoms with van der Waals surface area (Å²) in [6, 6.07) is 6.91. The van der Waals surface area contributed by atoms with Crippen LogP contribution in [0.25, 0.3) is 0 Å². The van der Waals surface area contributed by atoms with Crippen molar-refractivity contribution in [1.29, 1.82) is 5.26 Å². The van der Waals surface area contributed by atoms with Crippen LogP contribution in [0.4, 0.5) is 5.69 Å². The van der Waals surface area contributed by atoms with Crippen LogP contribution in [0.3, 0.4) is 0 Å². The number of aryl methyl sites for hydroxylation is 1. The van der Waals surface area contributed by atoms with Crippen molar-refractivity contribution in [2.75, 3.05) is 18.8 Å². The number of nitrogens with two attached hydrogens (primary N) is 1.